The minimum atomic E-state index is -0.00380. The summed E-state index contributed by atoms with van der Waals surface area (Å²) in [4.78, 5) is 14.7. The summed E-state index contributed by atoms with van der Waals surface area (Å²) in [5, 5.41) is 11.4. The average Bonchev–Trinajstić information content (AvgIpc) is 3.26. The Hall–Kier alpha value is -2.99. The van der Waals surface area contributed by atoms with Crippen molar-refractivity contribution in [1.82, 2.24) is 15.5 Å². The van der Waals surface area contributed by atoms with Crippen LogP contribution in [0.3, 0.4) is 0 Å². The minimum Gasteiger partial charge on any atom is -0.497 e. The number of aromatic amines is 1. The van der Waals surface area contributed by atoms with E-state index in [4.69, 9.17) is 16.3 Å². The number of nitrogens with zero attached hydrogens (tertiary/aromatic N) is 2. The van der Waals surface area contributed by atoms with E-state index in [1.165, 1.54) is 0 Å². The Kier molecular flexibility index (Phi) is 6.23. The number of nitrogens with one attached hydrogen (secondary N) is 2. The first-order valence-electron chi connectivity index (χ1n) is 10.1. The van der Waals surface area contributed by atoms with Gasteiger partial charge in [-0.2, -0.15) is 5.10 Å². The molecule has 1 atom stereocenters. The Bertz CT molecular complexity index is 1000. The molecule has 6 nitrogen and oxygen atoms in total. The SMILES string of the molecule is COc1ccc(-c2cc(N3CCC[C@H](NC(=O)Cc4ccccc4Cl)C3)n[nH]2)cc1. The number of aromatic nitrogens is 2. The second-order valence-corrected chi connectivity index (χ2v) is 7.90. The quantitative estimate of drug-likeness (QED) is 0.625. The van der Waals surface area contributed by atoms with Crippen LogP contribution in [-0.2, 0) is 11.2 Å². The first-order valence-corrected chi connectivity index (χ1v) is 10.5. The maximum Gasteiger partial charge on any atom is 0.224 e. The van der Waals surface area contributed by atoms with Gasteiger partial charge in [-0.1, -0.05) is 29.8 Å². The van der Waals surface area contributed by atoms with Crippen molar-refractivity contribution in [1.29, 1.82) is 0 Å². The molecule has 3 aromatic rings. The zero-order valence-electron chi connectivity index (χ0n) is 16.9. The molecule has 0 aliphatic carbocycles. The van der Waals surface area contributed by atoms with Crippen molar-refractivity contribution in [3.05, 3.63) is 65.2 Å². The molecule has 0 unspecified atom stereocenters. The number of methoxy groups -OCH3 is 1. The third-order valence-electron chi connectivity index (χ3n) is 5.38. The van der Waals surface area contributed by atoms with Crippen LogP contribution in [0.4, 0.5) is 5.82 Å². The number of carbonyl (C=O) groups is 1. The van der Waals surface area contributed by atoms with Crippen molar-refractivity contribution >= 4 is 23.3 Å². The topological polar surface area (TPSA) is 70.2 Å². The molecule has 1 fully saturated rings. The molecule has 7 heteroatoms. The average molecular weight is 425 g/mol. The number of ether oxygens (including phenoxy) is 1. The van der Waals surface area contributed by atoms with Crippen LogP contribution in [0.5, 0.6) is 5.75 Å². The fraction of sp³-hybridized carbons (Fsp3) is 0.304. The fourth-order valence-electron chi connectivity index (χ4n) is 3.79. The minimum absolute atomic E-state index is 0.00380. The standard InChI is InChI=1S/C23H25ClN4O2/c1-30-19-10-8-16(9-11-19)21-14-22(27-26-21)28-12-4-6-18(15-28)25-23(29)13-17-5-2-3-7-20(17)24/h2-3,5,7-11,14,18H,4,6,12-13,15H2,1H3,(H,25,29)(H,26,27)/t18-/m0/s1. The summed E-state index contributed by atoms with van der Waals surface area (Å²) >= 11 is 6.18. The van der Waals surface area contributed by atoms with Gasteiger partial charge < -0.3 is 15.0 Å². The van der Waals surface area contributed by atoms with Gasteiger partial charge in [-0.3, -0.25) is 9.89 Å². The molecular formula is C23H25ClN4O2. The highest BCUT2D eigenvalue weighted by Crippen LogP contribution is 2.26. The van der Waals surface area contributed by atoms with E-state index in [1.54, 1.807) is 7.11 Å². The number of rotatable bonds is 6. The first-order chi connectivity index (χ1) is 14.6. The second-order valence-electron chi connectivity index (χ2n) is 7.49. The van der Waals surface area contributed by atoms with Gasteiger partial charge in [-0.25, -0.2) is 0 Å². The molecule has 1 aliphatic heterocycles. The van der Waals surface area contributed by atoms with E-state index in [-0.39, 0.29) is 11.9 Å². The number of hydrogen-bond acceptors (Lipinski definition) is 4. The molecule has 0 spiro atoms. The van der Waals surface area contributed by atoms with Crippen LogP contribution in [-0.4, -0.2) is 42.3 Å². The largest absolute Gasteiger partial charge is 0.497 e. The highest BCUT2D eigenvalue weighted by Gasteiger charge is 2.23. The van der Waals surface area contributed by atoms with Gasteiger partial charge in [0.2, 0.25) is 5.91 Å². The van der Waals surface area contributed by atoms with Gasteiger partial charge in [0, 0.05) is 30.2 Å². The number of piperidine rings is 1. The molecule has 2 aromatic carbocycles. The first kappa shape index (κ1) is 20.3. The van der Waals surface area contributed by atoms with Crippen molar-refractivity contribution in [2.24, 2.45) is 0 Å². The number of benzene rings is 2. The summed E-state index contributed by atoms with van der Waals surface area (Å²) in [5.74, 6) is 1.71. The van der Waals surface area contributed by atoms with Crippen molar-refractivity contribution in [3.8, 4) is 17.0 Å². The van der Waals surface area contributed by atoms with Crippen LogP contribution < -0.4 is 15.0 Å². The molecule has 2 heterocycles. The molecule has 1 aromatic heterocycles. The summed E-state index contributed by atoms with van der Waals surface area (Å²) in [6.45, 7) is 1.66. The van der Waals surface area contributed by atoms with E-state index in [1.807, 2.05) is 48.5 Å². The lowest BCUT2D eigenvalue weighted by Gasteiger charge is -2.33. The van der Waals surface area contributed by atoms with Crippen LogP contribution in [0.25, 0.3) is 11.3 Å². The van der Waals surface area contributed by atoms with Gasteiger partial charge in [0.1, 0.15) is 5.75 Å². The number of anilines is 1. The molecule has 1 saturated heterocycles. The van der Waals surface area contributed by atoms with E-state index in [9.17, 15) is 4.79 Å². The van der Waals surface area contributed by atoms with Crippen LogP contribution >= 0.6 is 11.6 Å². The van der Waals surface area contributed by atoms with E-state index < -0.39 is 0 Å². The Morgan fingerprint density at radius 3 is 2.83 bits per heavy atom. The summed E-state index contributed by atoms with van der Waals surface area (Å²) in [6.07, 6.45) is 2.25. The number of hydrogen-bond donors (Lipinski definition) is 2. The van der Waals surface area contributed by atoms with Crippen molar-refractivity contribution in [3.63, 3.8) is 0 Å². The molecule has 0 radical (unpaired) electrons. The Labute approximate surface area is 181 Å². The third-order valence-corrected chi connectivity index (χ3v) is 5.75. The van der Waals surface area contributed by atoms with Gasteiger partial charge in [0.25, 0.3) is 0 Å². The van der Waals surface area contributed by atoms with Gasteiger partial charge >= 0.3 is 0 Å². The summed E-state index contributed by atoms with van der Waals surface area (Å²) in [6, 6.07) is 17.5. The zero-order valence-corrected chi connectivity index (χ0v) is 17.7. The summed E-state index contributed by atoms with van der Waals surface area (Å²) < 4.78 is 5.22. The molecule has 0 bridgehead atoms. The molecular weight excluding hydrogens is 400 g/mol. The molecule has 30 heavy (non-hydrogen) atoms. The predicted molar refractivity (Wildman–Crippen MR) is 119 cm³/mol. The molecule has 2 N–H and O–H groups in total. The number of amides is 1. The summed E-state index contributed by atoms with van der Waals surface area (Å²) in [5.41, 5.74) is 2.86. The molecule has 1 amide bonds. The second kappa shape index (κ2) is 9.22. The van der Waals surface area contributed by atoms with Gasteiger partial charge in [-0.15, -0.1) is 0 Å². The van der Waals surface area contributed by atoms with Gasteiger partial charge in [-0.05, 0) is 54.3 Å². The third kappa shape index (κ3) is 4.76. The van der Waals surface area contributed by atoms with E-state index in [0.717, 1.165) is 54.3 Å². The molecule has 4 rings (SSSR count). The number of halogens is 1. The van der Waals surface area contributed by atoms with E-state index >= 15 is 0 Å². The van der Waals surface area contributed by atoms with E-state index in [2.05, 4.69) is 26.5 Å². The molecule has 156 valence electrons. The Balaban J connectivity index is 1.37. The van der Waals surface area contributed by atoms with E-state index in [0.29, 0.717) is 11.4 Å². The maximum absolute atomic E-state index is 12.5. The van der Waals surface area contributed by atoms with Crippen LogP contribution in [0.15, 0.2) is 54.6 Å². The molecule has 1 aliphatic rings. The monoisotopic (exact) mass is 424 g/mol. The Morgan fingerprint density at radius 2 is 2.07 bits per heavy atom. The van der Waals surface area contributed by atoms with Crippen LogP contribution in [0.2, 0.25) is 5.02 Å². The van der Waals surface area contributed by atoms with Gasteiger partial charge in [0.15, 0.2) is 5.82 Å². The van der Waals surface area contributed by atoms with Crippen LogP contribution in [0.1, 0.15) is 18.4 Å². The molecule has 0 saturated carbocycles. The summed E-state index contributed by atoms with van der Waals surface area (Å²) in [7, 11) is 1.66. The maximum atomic E-state index is 12.5. The smallest absolute Gasteiger partial charge is 0.224 e. The highest BCUT2D eigenvalue weighted by atomic mass is 35.5. The lowest BCUT2D eigenvalue weighted by atomic mass is 10.0. The lowest BCUT2D eigenvalue weighted by Crippen LogP contribution is -2.48. The van der Waals surface area contributed by atoms with Crippen LogP contribution in [0, 0.1) is 0 Å². The fourth-order valence-corrected chi connectivity index (χ4v) is 3.99. The van der Waals surface area contributed by atoms with Gasteiger partial charge in [0.05, 0.1) is 19.2 Å². The number of carbonyl (C=O) groups excluding carboxylic acids is 1. The lowest BCUT2D eigenvalue weighted by molar-refractivity contribution is -0.121. The number of H-pyrrole nitrogens is 1. The predicted octanol–water partition coefficient (Wildman–Crippen LogP) is 4.07. The Morgan fingerprint density at radius 1 is 1.27 bits per heavy atom. The van der Waals surface area contributed by atoms with Crippen molar-refractivity contribution in [2.45, 2.75) is 25.3 Å². The highest BCUT2D eigenvalue weighted by molar-refractivity contribution is 6.31. The van der Waals surface area contributed by atoms with Crippen molar-refractivity contribution in [2.75, 3.05) is 25.1 Å². The normalized spacial score (nSPS) is 16.3. The van der Waals surface area contributed by atoms with Crippen molar-refractivity contribution < 1.29 is 9.53 Å². The zero-order chi connectivity index (χ0) is 20.9.